The molecular weight excluding hydrogens is 290 g/mol. The molecule has 0 saturated carbocycles. The van der Waals surface area contributed by atoms with Gasteiger partial charge in [-0.3, -0.25) is 19.3 Å². The maximum atomic E-state index is 12.1. The Morgan fingerprint density at radius 2 is 1.73 bits per heavy atom. The highest BCUT2D eigenvalue weighted by Crippen LogP contribution is 2.22. The van der Waals surface area contributed by atoms with Gasteiger partial charge in [-0.25, -0.2) is 0 Å². The van der Waals surface area contributed by atoms with E-state index in [-0.39, 0.29) is 11.1 Å². The van der Waals surface area contributed by atoms with Gasteiger partial charge in [0.2, 0.25) is 6.29 Å². The van der Waals surface area contributed by atoms with Crippen LogP contribution in [0, 0.1) is 0 Å². The molecule has 0 fully saturated rings. The number of hydrogen-bond donors (Lipinski definition) is 1. The van der Waals surface area contributed by atoms with Crippen LogP contribution in [0.5, 0.6) is 0 Å². The first kappa shape index (κ1) is 16.1. The van der Waals surface area contributed by atoms with Gasteiger partial charge in [0, 0.05) is 7.11 Å². The van der Waals surface area contributed by atoms with E-state index in [2.05, 4.69) is 0 Å². The molecule has 0 aliphatic carbocycles. The summed E-state index contributed by atoms with van der Waals surface area (Å²) >= 11 is 0. The Labute approximate surface area is 127 Å². The largest absolute Gasteiger partial charge is 0.431 e. The Morgan fingerprint density at radius 3 is 2.14 bits per heavy atom. The molecule has 0 aromatic heterocycles. The van der Waals surface area contributed by atoms with Crippen LogP contribution in [-0.4, -0.2) is 53.3 Å². The van der Waals surface area contributed by atoms with E-state index in [4.69, 9.17) is 9.47 Å². The van der Waals surface area contributed by atoms with Crippen molar-refractivity contribution in [3.8, 4) is 0 Å². The standard InChI is InChI=1S/C15H17NO6/c1-15(2,20)14(21-3)22-11(17)8-16-12(18)9-6-4-5-7-10(9)13(16)19/h4-7,14,20H,8H2,1-3H3. The average Bonchev–Trinajstić information content (AvgIpc) is 2.69. The lowest BCUT2D eigenvalue weighted by atomic mass is 10.1. The van der Waals surface area contributed by atoms with Gasteiger partial charge in [-0.05, 0) is 26.0 Å². The first-order valence-electron chi connectivity index (χ1n) is 6.65. The monoisotopic (exact) mass is 307 g/mol. The number of imide groups is 1. The molecule has 0 radical (unpaired) electrons. The lowest BCUT2D eigenvalue weighted by Gasteiger charge is -2.27. The Bertz CT molecular complexity index is 584. The van der Waals surface area contributed by atoms with Crippen LogP contribution in [0.25, 0.3) is 0 Å². The molecule has 1 heterocycles. The van der Waals surface area contributed by atoms with E-state index in [1.165, 1.54) is 33.1 Å². The van der Waals surface area contributed by atoms with Gasteiger partial charge in [-0.15, -0.1) is 0 Å². The normalized spacial score (nSPS) is 15.7. The summed E-state index contributed by atoms with van der Waals surface area (Å²) in [6, 6.07) is 6.33. The van der Waals surface area contributed by atoms with E-state index in [1.54, 1.807) is 12.1 Å². The topological polar surface area (TPSA) is 93.1 Å². The number of hydrogen-bond acceptors (Lipinski definition) is 6. The second-order valence-electron chi connectivity index (χ2n) is 5.45. The van der Waals surface area contributed by atoms with Crippen molar-refractivity contribution >= 4 is 17.8 Å². The first-order chi connectivity index (χ1) is 10.3. The number of ether oxygens (including phenoxy) is 2. The Kier molecular flexibility index (Phi) is 4.30. The minimum absolute atomic E-state index is 0.256. The highest BCUT2D eigenvalue weighted by molar-refractivity contribution is 6.22. The fourth-order valence-corrected chi connectivity index (χ4v) is 2.15. The molecule has 0 spiro atoms. The number of carbonyl (C=O) groups excluding carboxylic acids is 3. The van der Waals surface area contributed by atoms with Crippen molar-refractivity contribution in [2.45, 2.75) is 25.7 Å². The molecule has 1 aliphatic rings. The molecule has 1 atom stereocenters. The second kappa shape index (κ2) is 5.86. The van der Waals surface area contributed by atoms with Crippen LogP contribution in [0.2, 0.25) is 0 Å². The molecule has 2 amide bonds. The number of carbonyl (C=O) groups is 3. The summed E-state index contributed by atoms with van der Waals surface area (Å²) in [4.78, 5) is 36.9. The highest BCUT2D eigenvalue weighted by atomic mass is 16.7. The summed E-state index contributed by atoms with van der Waals surface area (Å²) in [6.45, 7) is 2.29. The summed E-state index contributed by atoms with van der Waals surface area (Å²) in [6.07, 6.45) is -1.20. The van der Waals surface area contributed by atoms with Crippen LogP contribution in [-0.2, 0) is 14.3 Å². The van der Waals surface area contributed by atoms with Crippen molar-refractivity contribution in [1.29, 1.82) is 0 Å². The van der Waals surface area contributed by atoms with Crippen molar-refractivity contribution in [3.63, 3.8) is 0 Å². The molecule has 1 N–H and O–H groups in total. The van der Waals surface area contributed by atoms with Crippen molar-refractivity contribution < 1.29 is 29.0 Å². The van der Waals surface area contributed by atoms with Gasteiger partial charge in [-0.1, -0.05) is 12.1 Å². The van der Waals surface area contributed by atoms with Gasteiger partial charge in [-0.2, -0.15) is 0 Å². The van der Waals surface area contributed by atoms with Gasteiger partial charge in [0.15, 0.2) is 0 Å². The van der Waals surface area contributed by atoms with Gasteiger partial charge in [0.05, 0.1) is 11.1 Å². The van der Waals surface area contributed by atoms with E-state index < -0.39 is 36.2 Å². The number of esters is 1. The number of aliphatic hydroxyl groups is 1. The minimum Gasteiger partial charge on any atom is -0.431 e. The zero-order valence-corrected chi connectivity index (χ0v) is 12.5. The van der Waals surface area contributed by atoms with Crippen molar-refractivity contribution in [1.82, 2.24) is 4.90 Å². The fraction of sp³-hybridized carbons (Fsp3) is 0.400. The molecule has 118 valence electrons. The van der Waals surface area contributed by atoms with Crippen LogP contribution in [0.4, 0.5) is 0 Å². The maximum Gasteiger partial charge on any atom is 0.328 e. The lowest BCUT2D eigenvalue weighted by molar-refractivity contribution is -0.216. The van der Waals surface area contributed by atoms with Gasteiger partial charge in [0.25, 0.3) is 11.8 Å². The van der Waals surface area contributed by atoms with Crippen LogP contribution in [0.3, 0.4) is 0 Å². The molecular formula is C15H17NO6. The molecule has 1 aromatic rings. The van der Waals surface area contributed by atoms with E-state index >= 15 is 0 Å². The molecule has 2 rings (SSSR count). The predicted octanol–water partition coefficient (Wildman–Crippen LogP) is 0.569. The fourth-order valence-electron chi connectivity index (χ4n) is 2.15. The summed E-state index contributed by atoms with van der Waals surface area (Å²) < 4.78 is 9.85. The Morgan fingerprint density at radius 1 is 1.23 bits per heavy atom. The Balaban J connectivity index is 2.08. The molecule has 22 heavy (non-hydrogen) atoms. The molecule has 1 aromatic carbocycles. The second-order valence-corrected chi connectivity index (χ2v) is 5.45. The number of fused-ring (bicyclic) bond motifs is 1. The van der Waals surface area contributed by atoms with Crippen molar-refractivity contribution in [2.75, 3.05) is 13.7 Å². The molecule has 0 saturated heterocycles. The average molecular weight is 307 g/mol. The molecule has 1 aliphatic heterocycles. The highest BCUT2D eigenvalue weighted by Gasteiger charge is 2.38. The van der Waals surface area contributed by atoms with Gasteiger partial charge >= 0.3 is 5.97 Å². The molecule has 7 nitrogen and oxygen atoms in total. The van der Waals surface area contributed by atoms with Crippen LogP contribution in [0.15, 0.2) is 24.3 Å². The third-order valence-corrected chi connectivity index (χ3v) is 3.19. The number of methoxy groups -OCH3 is 1. The van der Waals surface area contributed by atoms with E-state index in [0.29, 0.717) is 0 Å². The van der Waals surface area contributed by atoms with Gasteiger partial charge in [0.1, 0.15) is 12.1 Å². The van der Waals surface area contributed by atoms with E-state index in [9.17, 15) is 19.5 Å². The lowest BCUT2D eigenvalue weighted by Crippen LogP contribution is -2.44. The van der Waals surface area contributed by atoms with Crippen LogP contribution in [0.1, 0.15) is 34.6 Å². The summed E-state index contributed by atoms with van der Waals surface area (Å²) in [5.41, 5.74) is -0.899. The summed E-state index contributed by atoms with van der Waals surface area (Å²) in [5, 5.41) is 9.78. The van der Waals surface area contributed by atoms with E-state index in [0.717, 1.165) is 4.90 Å². The number of rotatable bonds is 5. The smallest absolute Gasteiger partial charge is 0.328 e. The van der Waals surface area contributed by atoms with E-state index in [1.807, 2.05) is 0 Å². The van der Waals surface area contributed by atoms with Crippen molar-refractivity contribution in [3.05, 3.63) is 35.4 Å². The summed E-state index contributed by atoms with van der Waals surface area (Å²) in [5.74, 6) is -1.94. The molecule has 1 unspecified atom stereocenters. The maximum absolute atomic E-state index is 12.1. The predicted molar refractivity (Wildman–Crippen MR) is 75.0 cm³/mol. The SMILES string of the molecule is COC(OC(=O)CN1C(=O)c2ccccc2C1=O)C(C)(C)O. The zero-order chi connectivity index (χ0) is 16.5. The number of nitrogens with zero attached hydrogens (tertiary/aromatic N) is 1. The first-order valence-corrected chi connectivity index (χ1v) is 6.65. The third-order valence-electron chi connectivity index (χ3n) is 3.19. The molecule has 7 heteroatoms. The molecule has 0 bridgehead atoms. The van der Waals surface area contributed by atoms with Gasteiger partial charge < -0.3 is 14.6 Å². The van der Waals surface area contributed by atoms with Crippen molar-refractivity contribution in [2.24, 2.45) is 0 Å². The third kappa shape index (κ3) is 3.00. The number of benzene rings is 1. The number of amides is 2. The minimum atomic E-state index is -1.41. The summed E-state index contributed by atoms with van der Waals surface area (Å²) in [7, 11) is 1.28. The zero-order valence-electron chi connectivity index (χ0n) is 12.5. The van der Waals surface area contributed by atoms with Crippen LogP contribution < -0.4 is 0 Å². The van der Waals surface area contributed by atoms with Crippen LogP contribution >= 0.6 is 0 Å². The quantitative estimate of drug-likeness (QED) is 0.485. The Hall–Kier alpha value is -2.25.